The van der Waals surface area contributed by atoms with Gasteiger partial charge in [-0.3, -0.25) is 4.79 Å². The Kier molecular flexibility index (Phi) is 4.77. The van der Waals surface area contributed by atoms with Gasteiger partial charge in [-0.2, -0.15) is 0 Å². The molecule has 3 aromatic rings. The number of hydrogen-bond acceptors (Lipinski definition) is 5. The highest BCUT2D eigenvalue weighted by molar-refractivity contribution is 7.22. The average molecular weight is 433 g/mol. The molecule has 0 saturated heterocycles. The van der Waals surface area contributed by atoms with Crippen LogP contribution in [0.3, 0.4) is 0 Å². The lowest BCUT2D eigenvalue weighted by molar-refractivity contribution is 0.340. The van der Waals surface area contributed by atoms with Crippen molar-refractivity contribution in [3.8, 4) is 16.3 Å². The summed E-state index contributed by atoms with van der Waals surface area (Å²) in [7, 11) is 0. The zero-order valence-electron chi connectivity index (χ0n) is 16.1. The summed E-state index contributed by atoms with van der Waals surface area (Å²) in [6.07, 6.45) is 0. The average Bonchev–Trinajstić information content (AvgIpc) is 2.76. The fraction of sp³-hybridized carbons (Fsp3) is 0.0833. The first-order valence-corrected chi connectivity index (χ1v) is 10.8. The number of nitrogens with zero attached hydrogens (tertiary/aromatic N) is 1. The van der Waals surface area contributed by atoms with Gasteiger partial charge in [-0.25, -0.2) is 4.98 Å². The van der Waals surface area contributed by atoms with Crippen molar-refractivity contribution >= 4 is 55.3 Å². The summed E-state index contributed by atoms with van der Waals surface area (Å²) in [5, 5.41) is 5.46. The second kappa shape index (κ2) is 7.59. The van der Waals surface area contributed by atoms with Gasteiger partial charge >= 0.3 is 0 Å². The fourth-order valence-electron chi connectivity index (χ4n) is 3.56. The fourth-order valence-corrected chi connectivity index (χ4v) is 4.92. The normalized spacial score (nSPS) is 11.3. The standard InChI is InChI=1S/C24H17ClN2O2S/c1-2-29-16-7-5-6-15(13-16)26-22-23(28)18-9-4-3-8-17(18)21-24(22)30-20-12-14(25)10-11-19(20)27-21/h3-13,26H,2H2,1H3. The molecule has 2 aliphatic rings. The molecule has 0 atom stereocenters. The molecule has 0 spiro atoms. The molecule has 1 heterocycles. The maximum atomic E-state index is 13.4. The Balaban J connectivity index is 1.80. The van der Waals surface area contributed by atoms with Crippen molar-refractivity contribution in [3.05, 3.63) is 82.0 Å². The molecule has 5 rings (SSSR count). The van der Waals surface area contributed by atoms with Crippen molar-refractivity contribution in [2.75, 3.05) is 11.9 Å². The molecule has 148 valence electrons. The summed E-state index contributed by atoms with van der Waals surface area (Å²) in [4.78, 5) is 19.1. The molecule has 0 saturated carbocycles. The van der Waals surface area contributed by atoms with Gasteiger partial charge in [-0.05, 0) is 37.3 Å². The smallest absolute Gasteiger partial charge is 0.211 e. The molecule has 0 amide bonds. The number of benzene rings is 4. The number of aromatic nitrogens is 1. The summed E-state index contributed by atoms with van der Waals surface area (Å²) < 4.78 is 6.53. The van der Waals surface area contributed by atoms with Gasteiger partial charge in [0.1, 0.15) is 11.4 Å². The van der Waals surface area contributed by atoms with Crippen molar-refractivity contribution < 1.29 is 4.74 Å². The summed E-state index contributed by atoms with van der Waals surface area (Å²) in [6.45, 7) is 2.52. The predicted molar refractivity (Wildman–Crippen MR) is 126 cm³/mol. The van der Waals surface area contributed by atoms with Gasteiger partial charge in [-0.15, -0.1) is 11.3 Å². The number of nitrogens with one attached hydrogen (secondary N) is 1. The Bertz CT molecular complexity index is 1430. The van der Waals surface area contributed by atoms with Crippen molar-refractivity contribution in [3.63, 3.8) is 0 Å². The number of halogens is 1. The lowest BCUT2D eigenvalue weighted by Gasteiger charge is -2.16. The van der Waals surface area contributed by atoms with E-state index in [1.807, 2.05) is 73.7 Å². The first-order valence-electron chi connectivity index (χ1n) is 9.59. The van der Waals surface area contributed by atoms with Crippen molar-refractivity contribution in [2.24, 2.45) is 0 Å². The summed E-state index contributed by atoms with van der Waals surface area (Å²) in [6, 6.07) is 20.8. The number of anilines is 2. The number of fused-ring (bicyclic) bond motifs is 4. The maximum absolute atomic E-state index is 13.4. The summed E-state index contributed by atoms with van der Waals surface area (Å²) in [5.41, 5.74) is 2.89. The predicted octanol–water partition coefficient (Wildman–Crippen LogP) is 6.71. The van der Waals surface area contributed by atoms with Crippen LogP contribution < -0.4 is 15.5 Å². The molecule has 0 unspecified atom stereocenters. The van der Waals surface area contributed by atoms with E-state index < -0.39 is 0 Å². The van der Waals surface area contributed by atoms with Crippen LogP contribution in [0.2, 0.25) is 5.02 Å². The van der Waals surface area contributed by atoms with Gasteiger partial charge in [-0.1, -0.05) is 41.9 Å². The Morgan fingerprint density at radius 3 is 2.70 bits per heavy atom. The van der Waals surface area contributed by atoms with Crippen LogP contribution in [0, 0.1) is 0 Å². The van der Waals surface area contributed by atoms with Crippen LogP contribution in [0.15, 0.2) is 71.5 Å². The molecule has 1 aliphatic heterocycles. The van der Waals surface area contributed by atoms with E-state index in [1.165, 1.54) is 11.3 Å². The second-order valence-corrected chi connectivity index (χ2v) is 8.33. The van der Waals surface area contributed by atoms with E-state index in [1.54, 1.807) is 0 Å². The highest BCUT2D eigenvalue weighted by atomic mass is 35.5. The molecular weight excluding hydrogens is 416 g/mol. The van der Waals surface area contributed by atoms with E-state index in [4.69, 9.17) is 21.3 Å². The largest absolute Gasteiger partial charge is 0.494 e. The molecule has 6 heteroatoms. The minimum atomic E-state index is -0.0562. The van der Waals surface area contributed by atoms with E-state index in [0.29, 0.717) is 22.7 Å². The van der Waals surface area contributed by atoms with Crippen molar-refractivity contribution in [1.29, 1.82) is 0 Å². The minimum Gasteiger partial charge on any atom is -0.494 e. The lowest BCUT2D eigenvalue weighted by atomic mass is 10.0. The van der Waals surface area contributed by atoms with E-state index >= 15 is 0 Å². The van der Waals surface area contributed by atoms with Gasteiger partial charge in [0, 0.05) is 27.5 Å². The molecule has 0 fully saturated rings. The van der Waals surface area contributed by atoms with Crippen LogP contribution in [0.1, 0.15) is 6.92 Å². The topological polar surface area (TPSA) is 51.2 Å². The molecule has 0 radical (unpaired) electrons. The second-order valence-electron chi connectivity index (χ2n) is 6.84. The first kappa shape index (κ1) is 18.9. The highest BCUT2D eigenvalue weighted by Crippen LogP contribution is 2.40. The molecular formula is C24H17ClN2O2S. The van der Waals surface area contributed by atoms with Gasteiger partial charge in [0.15, 0.2) is 0 Å². The van der Waals surface area contributed by atoms with E-state index in [-0.39, 0.29) is 5.43 Å². The van der Waals surface area contributed by atoms with Crippen LogP contribution >= 0.6 is 22.9 Å². The van der Waals surface area contributed by atoms with E-state index in [0.717, 1.165) is 37.6 Å². The number of hydrogen-bond donors (Lipinski definition) is 1. The molecule has 4 nitrogen and oxygen atoms in total. The molecule has 30 heavy (non-hydrogen) atoms. The van der Waals surface area contributed by atoms with E-state index in [9.17, 15) is 4.79 Å². The van der Waals surface area contributed by atoms with Crippen LogP contribution in [0.5, 0.6) is 5.75 Å². The molecule has 0 bridgehead atoms. The SMILES string of the molecule is CCOc1cccc(Nc2c3sc4cc(Cl)ccc4nc-3c3ccccc3c2=O)c1. The third-order valence-electron chi connectivity index (χ3n) is 4.88. The zero-order valence-corrected chi connectivity index (χ0v) is 17.7. The van der Waals surface area contributed by atoms with Gasteiger partial charge in [0.2, 0.25) is 5.43 Å². The number of rotatable bonds is 4. The third kappa shape index (κ3) is 3.26. The van der Waals surface area contributed by atoms with E-state index in [2.05, 4.69) is 5.32 Å². The zero-order chi connectivity index (χ0) is 20.7. The van der Waals surface area contributed by atoms with Gasteiger partial charge in [0.05, 0.1) is 27.4 Å². The Hall–Kier alpha value is -3.15. The van der Waals surface area contributed by atoms with Crippen LogP contribution in [-0.2, 0) is 0 Å². The highest BCUT2D eigenvalue weighted by Gasteiger charge is 2.21. The quantitative estimate of drug-likeness (QED) is 0.253. The Labute approximate surface area is 182 Å². The number of ether oxygens (including phenoxy) is 1. The van der Waals surface area contributed by atoms with Crippen molar-refractivity contribution in [1.82, 2.24) is 4.98 Å². The van der Waals surface area contributed by atoms with Crippen molar-refractivity contribution in [2.45, 2.75) is 6.92 Å². The lowest BCUT2D eigenvalue weighted by Crippen LogP contribution is -2.12. The maximum Gasteiger partial charge on any atom is 0.211 e. The van der Waals surface area contributed by atoms with Crippen LogP contribution in [-0.4, -0.2) is 11.6 Å². The molecule has 0 aromatic heterocycles. The first-order chi connectivity index (χ1) is 14.6. The monoisotopic (exact) mass is 432 g/mol. The molecule has 1 N–H and O–H groups in total. The molecule has 3 aromatic carbocycles. The Morgan fingerprint density at radius 2 is 1.87 bits per heavy atom. The summed E-state index contributed by atoms with van der Waals surface area (Å²) in [5.74, 6) is 0.749. The molecule has 1 aliphatic carbocycles. The van der Waals surface area contributed by atoms with Crippen LogP contribution in [0.25, 0.3) is 31.6 Å². The Morgan fingerprint density at radius 1 is 1.03 bits per heavy atom. The van der Waals surface area contributed by atoms with Gasteiger partial charge < -0.3 is 10.1 Å². The third-order valence-corrected chi connectivity index (χ3v) is 6.26. The minimum absolute atomic E-state index is 0.0562. The van der Waals surface area contributed by atoms with Crippen LogP contribution in [0.4, 0.5) is 11.4 Å². The van der Waals surface area contributed by atoms with Gasteiger partial charge in [0.25, 0.3) is 0 Å². The summed E-state index contributed by atoms with van der Waals surface area (Å²) >= 11 is 7.71.